The number of hydrogen-bond acceptors (Lipinski definition) is 9. The number of amides is 1. The second-order valence-electron chi connectivity index (χ2n) is 10.9. The number of benzene rings is 4. The van der Waals surface area contributed by atoms with Crippen LogP contribution in [0.4, 0.5) is 9.52 Å². The van der Waals surface area contributed by atoms with Crippen LogP contribution >= 0.6 is 23.1 Å². The number of Topliss-reactive ketones (excluding diaryl/α,β-unsaturated/α-hetero) is 1. The zero-order valence-corrected chi connectivity index (χ0v) is 26.1. The summed E-state index contributed by atoms with van der Waals surface area (Å²) in [6.07, 6.45) is 0.661. The third kappa shape index (κ3) is 5.86. The summed E-state index contributed by atoms with van der Waals surface area (Å²) in [6, 6.07) is 26.7. The van der Waals surface area contributed by atoms with Gasteiger partial charge in [-0.1, -0.05) is 65.6 Å². The van der Waals surface area contributed by atoms with Gasteiger partial charge < -0.3 is 14.6 Å². The molecule has 0 radical (unpaired) electrons. The Morgan fingerprint density at radius 1 is 1.00 bits per heavy atom. The maximum absolute atomic E-state index is 13.7. The molecule has 8 nitrogen and oxygen atoms in total. The average molecular weight is 652 g/mol. The Kier molecular flexibility index (Phi) is 8.02. The summed E-state index contributed by atoms with van der Waals surface area (Å²) in [7, 11) is 0. The molecule has 1 fully saturated rings. The van der Waals surface area contributed by atoms with Crippen molar-refractivity contribution in [2.45, 2.75) is 35.6 Å². The van der Waals surface area contributed by atoms with E-state index in [1.807, 2.05) is 37.3 Å². The first kappa shape index (κ1) is 29.7. The van der Waals surface area contributed by atoms with Crippen LogP contribution in [0.3, 0.4) is 0 Å². The molecule has 1 aromatic heterocycles. The van der Waals surface area contributed by atoms with E-state index in [1.54, 1.807) is 54.6 Å². The molecule has 2 aliphatic rings. The van der Waals surface area contributed by atoms with E-state index in [0.29, 0.717) is 39.1 Å². The molecular weight excluding hydrogens is 626 g/mol. The highest BCUT2D eigenvalue weighted by Crippen LogP contribution is 2.45. The number of carbonyl (C=O) groups excluding carboxylic acids is 2. The summed E-state index contributed by atoms with van der Waals surface area (Å²) in [6.45, 7) is 1.96. The number of para-hydroxylation sites is 1. The van der Waals surface area contributed by atoms with Crippen molar-refractivity contribution in [3.05, 3.63) is 131 Å². The lowest BCUT2D eigenvalue weighted by molar-refractivity contribution is -0.132. The van der Waals surface area contributed by atoms with Crippen LogP contribution in [-0.2, 0) is 21.8 Å². The van der Waals surface area contributed by atoms with E-state index in [1.165, 1.54) is 28.8 Å². The highest BCUT2D eigenvalue weighted by molar-refractivity contribution is 8.00. The van der Waals surface area contributed by atoms with Gasteiger partial charge in [-0.25, -0.2) is 4.39 Å². The van der Waals surface area contributed by atoms with E-state index in [9.17, 15) is 19.1 Å². The van der Waals surface area contributed by atoms with E-state index in [0.717, 1.165) is 28.2 Å². The molecule has 2 aliphatic heterocycles. The van der Waals surface area contributed by atoms with Gasteiger partial charge in [-0.15, -0.1) is 10.2 Å². The fourth-order valence-electron chi connectivity index (χ4n) is 5.53. The van der Waals surface area contributed by atoms with E-state index >= 15 is 0 Å². The third-order valence-electron chi connectivity index (χ3n) is 7.64. The summed E-state index contributed by atoms with van der Waals surface area (Å²) in [5, 5.41) is 20.4. The van der Waals surface area contributed by atoms with E-state index in [-0.39, 0.29) is 28.4 Å². The number of aliphatic hydroxyl groups is 1. The number of ether oxygens (including phenoxy) is 2. The molecule has 1 amide bonds. The number of anilines is 1. The Morgan fingerprint density at radius 2 is 1.78 bits per heavy atom. The van der Waals surface area contributed by atoms with Crippen LogP contribution in [0.1, 0.15) is 35.2 Å². The van der Waals surface area contributed by atoms with Crippen molar-refractivity contribution in [2.75, 3.05) is 4.90 Å². The summed E-state index contributed by atoms with van der Waals surface area (Å²) in [5.74, 6) is 0.0770. The molecule has 1 N–H and O–H groups in total. The number of halogens is 1. The van der Waals surface area contributed by atoms with Crippen molar-refractivity contribution in [1.82, 2.24) is 10.2 Å². The molecule has 1 saturated heterocycles. The van der Waals surface area contributed by atoms with Gasteiger partial charge in [0, 0.05) is 17.7 Å². The quantitative estimate of drug-likeness (QED) is 0.0599. The van der Waals surface area contributed by atoms with Crippen LogP contribution in [0.15, 0.2) is 107 Å². The number of ketones is 1. The van der Waals surface area contributed by atoms with Gasteiger partial charge in [0.05, 0.1) is 11.6 Å². The second-order valence-corrected chi connectivity index (χ2v) is 13.1. The van der Waals surface area contributed by atoms with E-state index < -0.39 is 17.7 Å². The van der Waals surface area contributed by atoms with Gasteiger partial charge in [-0.2, -0.15) is 0 Å². The predicted octanol–water partition coefficient (Wildman–Crippen LogP) is 7.71. The zero-order valence-electron chi connectivity index (χ0n) is 24.4. The van der Waals surface area contributed by atoms with Crippen LogP contribution < -0.4 is 14.4 Å². The van der Waals surface area contributed by atoms with Gasteiger partial charge in [0.2, 0.25) is 5.13 Å². The van der Waals surface area contributed by atoms with Gasteiger partial charge in [0.15, 0.2) is 4.34 Å². The summed E-state index contributed by atoms with van der Waals surface area (Å²) >= 11 is 2.54. The number of aromatic nitrogens is 2. The van der Waals surface area contributed by atoms with Gasteiger partial charge in [0.1, 0.15) is 34.9 Å². The van der Waals surface area contributed by atoms with Crippen molar-refractivity contribution in [2.24, 2.45) is 0 Å². The first-order valence-corrected chi connectivity index (χ1v) is 16.3. The standard InChI is InChI=1S/C35H26FN3O5S2/c1-20-16-24-17-23(12-15-28(24)43-20)31(40)29-30(22-6-5-9-27(18-22)44-26-7-3-2-4-8-26)39(33(42)32(29)41)34-37-38-35(46-34)45-19-21-10-13-25(36)14-11-21/h2-15,17-18,20,30,40H,16,19H2,1H3/b31-29+. The summed E-state index contributed by atoms with van der Waals surface area (Å²) in [5.41, 5.74) is 2.69. The molecule has 7 rings (SSSR count). The zero-order chi connectivity index (χ0) is 31.8. The van der Waals surface area contributed by atoms with Crippen molar-refractivity contribution < 1.29 is 28.6 Å². The molecular formula is C35H26FN3O5S2. The Labute approximate surface area is 272 Å². The fraction of sp³-hybridized carbons (Fsp3) is 0.143. The van der Waals surface area contributed by atoms with Crippen LogP contribution in [0.2, 0.25) is 0 Å². The minimum atomic E-state index is -1.01. The van der Waals surface area contributed by atoms with Crippen molar-refractivity contribution in [1.29, 1.82) is 0 Å². The normalized spacial score (nSPS) is 18.4. The molecule has 2 atom stereocenters. The topological polar surface area (TPSA) is 102 Å². The number of thioether (sulfide) groups is 1. The van der Waals surface area contributed by atoms with Crippen LogP contribution in [-0.4, -0.2) is 33.1 Å². The number of hydrogen-bond donors (Lipinski definition) is 1. The van der Waals surface area contributed by atoms with E-state index in [4.69, 9.17) is 9.47 Å². The van der Waals surface area contributed by atoms with Crippen LogP contribution in [0.25, 0.3) is 5.76 Å². The first-order valence-electron chi connectivity index (χ1n) is 14.5. The number of fused-ring (bicyclic) bond motifs is 1. The third-order valence-corrected chi connectivity index (χ3v) is 9.77. The van der Waals surface area contributed by atoms with E-state index in [2.05, 4.69) is 10.2 Å². The maximum Gasteiger partial charge on any atom is 0.301 e. The number of nitrogens with zero attached hydrogens (tertiary/aromatic N) is 3. The van der Waals surface area contributed by atoms with Gasteiger partial charge in [-0.3, -0.25) is 14.5 Å². The molecule has 0 spiro atoms. The Morgan fingerprint density at radius 3 is 2.59 bits per heavy atom. The minimum Gasteiger partial charge on any atom is -0.507 e. The molecule has 5 aromatic rings. The lowest BCUT2D eigenvalue weighted by atomic mass is 9.94. The molecule has 3 heterocycles. The number of aliphatic hydroxyl groups excluding tert-OH is 1. The highest BCUT2D eigenvalue weighted by atomic mass is 32.2. The molecule has 0 aliphatic carbocycles. The molecule has 230 valence electrons. The van der Waals surface area contributed by atoms with Crippen LogP contribution in [0.5, 0.6) is 17.2 Å². The minimum absolute atomic E-state index is 0.00198. The van der Waals surface area contributed by atoms with Crippen LogP contribution in [0, 0.1) is 5.82 Å². The Hall–Kier alpha value is -5.00. The molecule has 0 bridgehead atoms. The summed E-state index contributed by atoms with van der Waals surface area (Å²) in [4.78, 5) is 28.8. The van der Waals surface area contributed by atoms with Crippen molar-refractivity contribution in [3.8, 4) is 17.2 Å². The summed E-state index contributed by atoms with van der Waals surface area (Å²) < 4.78 is 25.8. The Balaban J connectivity index is 1.28. The highest BCUT2D eigenvalue weighted by Gasteiger charge is 2.48. The SMILES string of the molecule is CC1Cc2cc(/C(O)=C3\C(=O)C(=O)N(c4nnc(SCc5ccc(F)cc5)s4)C3c3cccc(Oc4ccccc4)c3)ccc2O1. The monoisotopic (exact) mass is 651 g/mol. The molecule has 0 saturated carbocycles. The molecule has 46 heavy (non-hydrogen) atoms. The lowest BCUT2D eigenvalue weighted by Gasteiger charge is -2.23. The predicted molar refractivity (Wildman–Crippen MR) is 174 cm³/mol. The van der Waals surface area contributed by atoms with Gasteiger partial charge in [-0.05, 0) is 78.2 Å². The average Bonchev–Trinajstić information content (AvgIpc) is 3.75. The lowest BCUT2D eigenvalue weighted by Crippen LogP contribution is -2.29. The number of rotatable bonds is 8. The smallest absolute Gasteiger partial charge is 0.301 e. The van der Waals surface area contributed by atoms with Crippen molar-refractivity contribution in [3.63, 3.8) is 0 Å². The molecule has 2 unspecified atom stereocenters. The fourth-order valence-corrected chi connectivity index (χ4v) is 7.35. The Bertz CT molecular complexity index is 1980. The van der Waals surface area contributed by atoms with Gasteiger partial charge in [0.25, 0.3) is 5.78 Å². The maximum atomic E-state index is 13.7. The van der Waals surface area contributed by atoms with Gasteiger partial charge >= 0.3 is 5.91 Å². The largest absolute Gasteiger partial charge is 0.507 e. The second kappa shape index (κ2) is 12.4. The molecule has 11 heteroatoms. The number of carbonyl (C=O) groups is 2. The molecule has 4 aromatic carbocycles. The first-order chi connectivity index (χ1) is 22.3. The van der Waals surface area contributed by atoms with Crippen molar-refractivity contribution >= 4 is 45.7 Å².